The summed E-state index contributed by atoms with van der Waals surface area (Å²) in [4.78, 5) is 11.5. The fraction of sp³-hybridized carbons (Fsp3) is 0.250. The van der Waals surface area contributed by atoms with Crippen LogP contribution < -0.4 is 0 Å². The first-order valence-electron chi connectivity index (χ1n) is 8.94. The number of nitrogens with zero attached hydrogens (tertiary/aromatic N) is 3. The number of hydrogen-bond acceptors (Lipinski definition) is 3. The van der Waals surface area contributed by atoms with Crippen LogP contribution in [0.15, 0.2) is 36.5 Å². The van der Waals surface area contributed by atoms with Crippen LogP contribution in [0, 0.1) is 13.8 Å². The highest BCUT2D eigenvalue weighted by Gasteiger charge is 2.73. The van der Waals surface area contributed by atoms with Crippen LogP contribution in [0.1, 0.15) is 27.0 Å². The highest BCUT2D eigenvalue weighted by molar-refractivity contribution is 6.68. The van der Waals surface area contributed by atoms with Crippen molar-refractivity contribution in [2.75, 3.05) is 0 Å². The van der Waals surface area contributed by atoms with E-state index in [-0.39, 0.29) is 33.0 Å². The summed E-state index contributed by atoms with van der Waals surface area (Å²) in [5, 5.41) is 7.02. The standard InChI is InChI=1S/C20H12Cl2F7N3O/c1-9-5-11(18(23,19(24,25)26)20(27,28)29)6-10(2)16(9)15-8-32(31-30-15)12-3-4-14(21)13(7-12)17(22)33/h3-8H,1-2H3. The average molecular weight is 514 g/mol. The van der Waals surface area contributed by atoms with E-state index >= 15 is 0 Å². The molecule has 0 aliphatic rings. The van der Waals surface area contributed by atoms with Crippen LogP contribution in [0.4, 0.5) is 30.7 Å². The number of carbonyl (C=O) groups excluding carboxylic acids is 1. The van der Waals surface area contributed by atoms with Gasteiger partial charge >= 0.3 is 18.0 Å². The van der Waals surface area contributed by atoms with Gasteiger partial charge in [-0.25, -0.2) is 9.07 Å². The molecule has 3 aromatic rings. The zero-order chi connectivity index (χ0) is 24.9. The van der Waals surface area contributed by atoms with Gasteiger partial charge in [-0.3, -0.25) is 4.79 Å². The molecule has 0 aliphatic heterocycles. The van der Waals surface area contributed by atoms with Crippen LogP contribution in [0.25, 0.3) is 16.9 Å². The molecule has 0 aliphatic carbocycles. The van der Waals surface area contributed by atoms with Crippen LogP contribution >= 0.6 is 23.2 Å². The number of carbonyl (C=O) groups is 1. The van der Waals surface area contributed by atoms with Crippen LogP contribution in [-0.4, -0.2) is 32.6 Å². The molecule has 3 rings (SSSR count). The van der Waals surface area contributed by atoms with Gasteiger partial charge in [0.15, 0.2) is 0 Å². The van der Waals surface area contributed by atoms with E-state index in [1.165, 1.54) is 42.9 Å². The van der Waals surface area contributed by atoms with Crippen molar-refractivity contribution in [3.8, 4) is 16.9 Å². The second kappa shape index (κ2) is 8.28. The molecule has 0 N–H and O–H groups in total. The number of alkyl halides is 7. The van der Waals surface area contributed by atoms with Gasteiger partial charge < -0.3 is 0 Å². The minimum absolute atomic E-state index is 0.0109. The largest absolute Gasteiger partial charge is 0.435 e. The quantitative estimate of drug-likeness (QED) is 0.282. The molecular weight excluding hydrogens is 502 g/mol. The lowest BCUT2D eigenvalue weighted by molar-refractivity contribution is -0.348. The lowest BCUT2D eigenvalue weighted by Crippen LogP contribution is -2.50. The molecule has 4 nitrogen and oxygen atoms in total. The zero-order valence-electron chi connectivity index (χ0n) is 16.6. The molecule has 0 radical (unpaired) electrons. The second-order valence-corrected chi connectivity index (χ2v) is 7.88. The predicted molar refractivity (Wildman–Crippen MR) is 106 cm³/mol. The summed E-state index contributed by atoms with van der Waals surface area (Å²) in [6, 6.07) is 5.15. The monoisotopic (exact) mass is 513 g/mol. The van der Waals surface area contributed by atoms with Gasteiger partial charge in [0.2, 0.25) is 0 Å². The van der Waals surface area contributed by atoms with Crippen molar-refractivity contribution in [3.63, 3.8) is 0 Å². The highest BCUT2D eigenvalue weighted by atomic mass is 35.5. The zero-order valence-corrected chi connectivity index (χ0v) is 18.1. The van der Waals surface area contributed by atoms with Gasteiger partial charge in [0.1, 0.15) is 5.69 Å². The normalized spacial score (nSPS) is 12.8. The SMILES string of the molecule is Cc1cc(C(F)(C(F)(F)F)C(F)(F)F)cc(C)c1-c1cn(-c2ccc(Cl)c(C(=O)Cl)c2)nn1. The third kappa shape index (κ3) is 4.31. The van der Waals surface area contributed by atoms with Crippen LogP contribution in [-0.2, 0) is 5.67 Å². The van der Waals surface area contributed by atoms with Gasteiger partial charge in [-0.1, -0.05) is 28.9 Å². The smallest absolute Gasteiger partial charge is 0.276 e. The summed E-state index contributed by atoms with van der Waals surface area (Å²) >= 11 is 11.4. The van der Waals surface area contributed by atoms with Crippen LogP contribution in [0.3, 0.4) is 0 Å². The number of benzene rings is 2. The Morgan fingerprint density at radius 1 is 0.939 bits per heavy atom. The van der Waals surface area contributed by atoms with E-state index in [4.69, 9.17) is 23.2 Å². The summed E-state index contributed by atoms with van der Waals surface area (Å²) in [7, 11) is 0. The minimum atomic E-state index is -6.22. The summed E-state index contributed by atoms with van der Waals surface area (Å²) in [5.74, 6) is 0. The molecule has 0 fully saturated rings. The van der Waals surface area contributed by atoms with Crippen molar-refractivity contribution in [1.82, 2.24) is 15.0 Å². The summed E-state index contributed by atoms with van der Waals surface area (Å²) < 4.78 is 94.4. The van der Waals surface area contributed by atoms with E-state index in [1.54, 1.807) is 0 Å². The maximum Gasteiger partial charge on any atom is 0.435 e. The van der Waals surface area contributed by atoms with E-state index in [1.807, 2.05) is 0 Å². The molecule has 176 valence electrons. The van der Waals surface area contributed by atoms with Crippen molar-refractivity contribution < 1.29 is 35.5 Å². The van der Waals surface area contributed by atoms with Gasteiger partial charge in [0, 0.05) is 11.1 Å². The fourth-order valence-electron chi connectivity index (χ4n) is 3.37. The molecule has 0 amide bonds. The first-order valence-corrected chi connectivity index (χ1v) is 9.70. The molecular formula is C20H12Cl2F7N3O. The van der Waals surface area contributed by atoms with Crippen molar-refractivity contribution in [3.05, 3.63) is 63.8 Å². The van der Waals surface area contributed by atoms with Crippen LogP contribution in [0.2, 0.25) is 5.02 Å². The van der Waals surface area contributed by atoms with E-state index in [2.05, 4.69) is 10.3 Å². The lowest BCUT2D eigenvalue weighted by Gasteiger charge is -2.31. The van der Waals surface area contributed by atoms with E-state index in [9.17, 15) is 35.5 Å². The topological polar surface area (TPSA) is 47.8 Å². The summed E-state index contributed by atoms with van der Waals surface area (Å²) in [6.45, 7) is 2.45. The van der Waals surface area contributed by atoms with E-state index in [0.717, 1.165) is 0 Å². The Bertz CT molecular complexity index is 1200. The molecule has 13 heteroatoms. The van der Waals surface area contributed by atoms with Gasteiger partial charge in [0.05, 0.1) is 22.5 Å². The van der Waals surface area contributed by atoms with Gasteiger partial charge in [-0.15, -0.1) is 5.10 Å². The van der Waals surface area contributed by atoms with Crippen molar-refractivity contribution >= 4 is 28.4 Å². The lowest BCUT2D eigenvalue weighted by atomic mass is 9.88. The molecule has 0 saturated carbocycles. The van der Waals surface area contributed by atoms with E-state index in [0.29, 0.717) is 17.8 Å². The Morgan fingerprint density at radius 2 is 1.48 bits per heavy atom. The Labute approximate surface area is 191 Å². The Balaban J connectivity index is 2.10. The summed E-state index contributed by atoms with van der Waals surface area (Å²) in [5.41, 5.74) is -6.74. The Hall–Kier alpha value is -2.66. The Kier molecular flexibility index (Phi) is 6.27. The highest BCUT2D eigenvalue weighted by Crippen LogP contribution is 2.53. The van der Waals surface area contributed by atoms with Crippen molar-refractivity contribution in [1.29, 1.82) is 0 Å². The fourth-order valence-corrected chi connectivity index (χ4v) is 3.77. The van der Waals surface area contributed by atoms with E-state index < -0.39 is 28.8 Å². The molecule has 0 atom stereocenters. The number of halogens is 9. The minimum Gasteiger partial charge on any atom is -0.276 e. The average Bonchev–Trinajstić information content (AvgIpc) is 3.14. The van der Waals surface area contributed by atoms with Gasteiger partial charge in [-0.2, -0.15) is 26.3 Å². The number of rotatable bonds is 4. The number of hydrogen-bond donors (Lipinski definition) is 0. The van der Waals surface area contributed by atoms with Crippen molar-refractivity contribution in [2.45, 2.75) is 31.9 Å². The molecule has 0 spiro atoms. The van der Waals surface area contributed by atoms with Gasteiger partial charge in [0.25, 0.3) is 5.24 Å². The molecule has 0 saturated heterocycles. The number of aromatic nitrogens is 3. The second-order valence-electron chi connectivity index (χ2n) is 7.13. The Morgan fingerprint density at radius 3 is 1.97 bits per heavy atom. The van der Waals surface area contributed by atoms with Crippen molar-refractivity contribution in [2.24, 2.45) is 0 Å². The third-order valence-electron chi connectivity index (χ3n) is 4.89. The van der Waals surface area contributed by atoms with Crippen LogP contribution in [0.5, 0.6) is 0 Å². The summed E-state index contributed by atoms with van der Waals surface area (Å²) in [6.07, 6.45) is -11.1. The molecule has 2 aromatic carbocycles. The molecule has 0 unspecified atom stereocenters. The maximum atomic E-state index is 14.5. The molecule has 1 heterocycles. The third-order valence-corrected chi connectivity index (χ3v) is 5.42. The first kappa shape index (κ1) is 25.0. The molecule has 1 aromatic heterocycles. The predicted octanol–water partition coefficient (Wildman–Crippen LogP) is 6.87. The maximum absolute atomic E-state index is 14.5. The first-order chi connectivity index (χ1) is 15.1. The molecule has 0 bridgehead atoms. The van der Waals surface area contributed by atoms with Gasteiger partial charge in [-0.05, 0) is 54.8 Å². The number of aryl methyl sites for hydroxylation is 2. The molecule has 33 heavy (non-hydrogen) atoms.